The van der Waals surface area contributed by atoms with Gasteiger partial charge >= 0.3 is 5.96 Å². The second-order valence-electron chi connectivity index (χ2n) is 1.65. The van der Waals surface area contributed by atoms with E-state index in [2.05, 4.69) is 0 Å². The van der Waals surface area contributed by atoms with E-state index in [1.54, 1.807) is 0 Å². The molecule has 6 N–H and O–H groups in total. The predicted octanol–water partition coefficient (Wildman–Crippen LogP) is -4.17. The van der Waals surface area contributed by atoms with Crippen molar-refractivity contribution < 1.29 is 20.0 Å². The lowest BCUT2D eigenvalue weighted by atomic mass is 10.6. The molecule has 0 aromatic carbocycles. The normalized spacial score (nSPS) is 7.70. The topological polar surface area (TPSA) is 127 Å². The number of hydrogen-bond acceptors (Lipinski definition) is 2. The molecule has 0 unspecified atom stereocenters. The average molecular weight is 149 g/mol. The number of hydrogen-bond donors (Lipinski definition) is 2. The third-order valence-electron chi connectivity index (χ3n) is 0.807. The van der Waals surface area contributed by atoms with Crippen LogP contribution in [0.4, 0.5) is 0 Å². The first kappa shape index (κ1) is 11.5. The van der Waals surface area contributed by atoms with Gasteiger partial charge in [0, 0.05) is 0 Å². The standard InChI is InChI=1S/C4H9N3O2.H2O/c1-7(4(5)6)2-3(8)9;/h2H2,1H3,(H4,5,6,8,9);1H2. The second-order valence-corrected chi connectivity index (χ2v) is 1.65. The molecule has 0 bridgehead atoms. The summed E-state index contributed by atoms with van der Waals surface area (Å²) in [4.78, 5) is 9.84. The van der Waals surface area contributed by atoms with Crippen molar-refractivity contribution >= 4 is 11.9 Å². The number of guanidine groups is 1. The lowest BCUT2D eigenvalue weighted by Gasteiger charge is -2.01. The van der Waals surface area contributed by atoms with E-state index in [0.29, 0.717) is 0 Å². The van der Waals surface area contributed by atoms with Crippen LogP contribution in [0.3, 0.4) is 0 Å². The maximum Gasteiger partial charge on any atom is 0.341 e. The van der Waals surface area contributed by atoms with Crippen LogP contribution in [-0.2, 0) is 4.79 Å². The van der Waals surface area contributed by atoms with Gasteiger partial charge in [0.15, 0.2) is 0 Å². The number of nitrogens with zero attached hydrogens (tertiary/aromatic N) is 1. The van der Waals surface area contributed by atoms with E-state index in [4.69, 9.17) is 11.5 Å². The highest BCUT2D eigenvalue weighted by Gasteiger charge is 1.94. The summed E-state index contributed by atoms with van der Waals surface area (Å²) in [7, 11) is 1.46. The van der Waals surface area contributed by atoms with Crippen LogP contribution in [0.25, 0.3) is 0 Å². The molecule has 0 aliphatic heterocycles. The highest BCUT2D eigenvalue weighted by Crippen LogP contribution is 1.62. The molecule has 6 nitrogen and oxygen atoms in total. The minimum atomic E-state index is -1.20. The molecule has 6 heteroatoms. The van der Waals surface area contributed by atoms with Crippen molar-refractivity contribution in [1.29, 1.82) is 0 Å². The molecule has 0 aromatic heterocycles. The molecule has 0 aliphatic rings. The molecule has 0 aromatic rings. The molecule has 0 heterocycles. The zero-order valence-corrected chi connectivity index (χ0v) is 5.63. The van der Waals surface area contributed by atoms with Gasteiger partial charge in [0.25, 0.3) is 0 Å². The van der Waals surface area contributed by atoms with Crippen LogP contribution in [0, 0.1) is 0 Å². The number of carboxylic acid groups (broad SMARTS) is 1. The highest BCUT2D eigenvalue weighted by molar-refractivity contribution is 5.72. The highest BCUT2D eigenvalue weighted by atomic mass is 16.4. The van der Waals surface area contributed by atoms with Gasteiger partial charge in [0.05, 0.1) is 13.0 Å². The number of rotatable bonds is 2. The fourth-order valence-corrected chi connectivity index (χ4v) is 0.285. The molecule has 0 aliphatic carbocycles. The zero-order valence-electron chi connectivity index (χ0n) is 5.63. The minimum absolute atomic E-state index is 0. The van der Waals surface area contributed by atoms with Crippen LogP contribution < -0.4 is 16.6 Å². The van der Waals surface area contributed by atoms with Gasteiger partial charge in [-0.05, 0) is 0 Å². The number of aliphatic carboxylic acids is 1. The Bertz CT molecular complexity index is 150. The van der Waals surface area contributed by atoms with Crippen molar-refractivity contribution in [2.45, 2.75) is 0 Å². The summed E-state index contributed by atoms with van der Waals surface area (Å²) in [5.41, 5.74) is 10.0. The Labute approximate surface area is 58.1 Å². The van der Waals surface area contributed by atoms with Crippen molar-refractivity contribution in [2.24, 2.45) is 11.5 Å². The molecule has 0 atom stereocenters. The predicted molar refractivity (Wildman–Crippen MR) is 33.1 cm³/mol. The Kier molecular flexibility index (Phi) is 5.25. The summed E-state index contributed by atoms with van der Waals surface area (Å²) in [6, 6.07) is 0. The summed E-state index contributed by atoms with van der Waals surface area (Å²) < 4.78 is 1.18. The molecule has 0 amide bonds. The molecule has 0 rings (SSSR count). The molecule has 0 spiro atoms. The van der Waals surface area contributed by atoms with Gasteiger partial charge < -0.3 is 15.4 Å². The third-order valence-corrected chi connectivity index (χ3v) is 0.807. The lowest BCUT2D eigenvalue weighted by molar-refractivity contribution is -0.501. The number of likely N-dealkylation sites (N-methyl/N-ethyl adjacent to an activating group) is 1. The summed E-state index contributed by atoms with van der Waals surface area (Å²) >= 11 is 0. The van der Waals surface area contributed by atoms with Crippen molar-refractivity contribution in [2.75, 3.05) is 13.6 Å². The zero-order chi connectivity index (χ0) is 7.44. The van der Waals surface area contributed by atoms with E-state index < -0.39 is 5.97 Å². The summed E-state index contributed by atoms with van der Waals surface area (Å²) in [5, 5.41) is 9.84. The minimum Gasteiger partial charge on any atom is -0.547 e. The quantitative estimate of drug-likeness (QED) is 0.234. The first-order valence-electron chi connectivity index (χ1n) is 2.33. The molecule has 0 saturated carbocycles. The van der Waals surface area contributed by atoms with Crippen LogP contribution in [0.2, 0.25) is 0 Å². The van der Waals surface area contributed by atoms with Gasteiger partial charge in [-0.25, -0.2) is 0 Å². The fraction of sp³-hybridized carbons (Fsp3) is 0.500. The van der Waals surface area contributed by atoms with Gasteiger partial charge in [-0.15, -0.1) is 0 Å². The Morgan fingerprint density at radius 2 is 2.00 bits per heavy atom. The van der Waals surface area contributed by atoms with Gasteiger partial charge in [0.1, 0.15) is 6.54 Å². The third kappa shape index (κ3) is 4.85. The van der Waals surface area contributed by atoms with Crippen LogP contribution in [0.1, 0.15) is 0 Å². The van der Waals surface area contributed by atoms with Crippen LogP contribution in [0.5, 0.6) is 0 Å². The SMILES string of the molecule is C[N+](CC(=O)[O-])=C(N)N.O. The Morgan fingerprint density at radius 1 is 1.60 bits per heavy atom. The molecule has 0 radical (unpaired) electrons. The van der Waals surface area contributed by atoms with Crippen LogP contribution in [0.15, 0.2) is 0 Å². The summed E-state index contributed by atoms with van der Waals surface area (Å²) in [6.45, 7) is -0.275. The maximum atomic E-state index is 9.84. The van der Waals surface area contributed by atoms with E-state index in [1.165, 1.54) is 11.6 Å². The van der Waals surface area contributed by atoms with E-state index in [1.807, 2.05) is 0 Å². The largest absolute Gasteiger partial charge is 0.547 e. The van der Waals surface area contributed by atoms with Crippen molar-refractivity contribution in [3.8, 4) is 0 Å². The monoisotopic (exact) mass is 149 g/mol. The molecular weight excluding hydrogens is 138 g/mol. The van der Waals surface area contributed by atoms with E-state index in [0.717, 1.165) is 0 Å². The second kappa shape index (κ2) is 4.57. The molecule has 0 fully saturated rings. The number of nitrogens with two attached hydrogens (primary N) is 2. The Morgan fingerprint density at radius 3 is 2.10 bits per heavy atom. The number of carbonyl (C=O) groups excluding carboxylic acids is 1. The van der Waals surface area contributed by atoms with E-state index in [-0.39, 0.29) is 18.0 Å². The van der Waals surface area contributed by atoms with Crippen molar-refractivity contribution in [1.82, 2.24) is 0 Å². The summed E-state index contributed by atoms with van der Waals surface area (Å²) in [5.74, 6) is -1.23. The van der Waals surface area contributed by atoms with Crippen LogP contribution in [-0.4, -0.2) is 35.6 Å². The number of carboxylic acids is 1. The molecule has 10 heavy (non-hydrogen) atoms. The number of carbonyl (C=O) groups is 1. The average Bonchev–Trinajstić information content (AvgIpc) is 1.63. The van der Waals surface area contributed by atoms with E-state index >= 15 is 0 Å². The van der Waals surface area contributed by atoms with Gasteiger partial charge in [-0.1, -0.05) is 0 Å². The van der Waals surface area contributed by atoms with Gasteiger partial charge in [-0.2, -0.15) is 0 Å². The van der Waals surface area contributed by atoms with Gasteiger partial charge in [0.2, 0.25) is 0 Å². The molecular formula is C4H11N3O3. The first-order valence-corrected chi connectivity index (χ1v) is 2.33. The smallest absolute Gasteiger partial charge is 0.341 e. The Balaban J connectivity index is 0. The fourth-order valence-electron chi connectivity index (χ4n) is 0.285. The maximum absolute atomic E-state index is 9.84. The lowest BCUT2D eigenvalue weighted by Crippen LogP contribution is -2.40. The van der Waals surface area contributed by atoms with E-state index in [9.17, 15) is 9.90 Å². The first-order chi connectivity index (χ1) is 4.04. The van der Waals surface area contributed by atoms with Crippen molar-refractivity contribution in [3.63, 3.8) is 0 Å². The Hall–Kier alpha value is -1.30. The molecule has 60 valence electrons. The van der Waals surface area contributed by atoms with Crippen molar-refractivity contribution in [3.05, 3.63) is 0 Å². The van der Waals surface area contributed by atoms with Crippen LogP contribution >= 0.6 is 0 Å². The summed E-state index contributed by atoms with van der Waals surface area (Å²) in [6.07, 6.45) is 0. The molecule has 0 saturated heterocycles. The van der Waals surface area contributed by atoms with Gasteiger partial charge in [-0.3, -0.25) is 16.0 Å².